The Balaban J connectivity index is 0.000000668. The lowest BCUT2D eigenvalue weighted by Gasteiger charge is -2.24. The molecule has 1 saturated carbocycles. The SMILES string of the molecule is CC(F)F.COCc1cc(=O)n(Cc2cc3c(cc2Cl)[C@H](C#CC2CC2)OC(=O)N3)cn1. The summed E-state index contributed by atoms with van der Waals surface area (Å²) in [5.41, 5.74) is 2.32. The number of cyclic esters (lactones) is 1. The molecule has 0 unspecified atom stereocenters. The van der Waals surface area contributed by atoms with Crippen LogP contribution >= 0.6 is 11.6 Å². The fourth-order valence-electron chi connectivity index (χ4n) is 2.91. The van der Waals surface area contributed by atoms with Crippen LogP contribution in [0.3, 0.4) is 0 Å². The number of rotatable bonds is 4. The Labute approximate surface area is 188 Å². The Bertz CT molecular complexity index is 1100. The van der Waals surface area contributed by atoms with Crippen molar-refractivity contribution in [2.24, 2.45) is 5.92 Å². The van der Waals surface area contributed by atoms with Gasteiger partial charge in [0.1, 0.15) is 0 Å². The molecular formula is C22H22ClF2N3O4. The molecule has 2 aliphatic rings. The Morgan fingerprint density at radius 2 is 2.03 bits per heavy atom. The maximum Gasteiger partial charge on any atom is 0.413 e. The second kappa shape index (κ2) is 10.6. The minimum Gasteiger partial charge on any atom is -0.428 e. The summed E-state index contributed by atoms with van der Waals surface area (Å²) >= 11 is 6.45. The predicted octanol–water partition coefficient (Wildman–Crippen LogP) is 4.38. The summed E-state index contributed by atoms with van der Waals surface area (Å²) in [6.45, 7) is 1.32. The van der Waals surface area contributed by atoms with Crippen LogP contribution in [0, 0.1) is 17.8 Å². The highest BCUT2D eigenvalue weighted by atomic mass is 35.5. The number of carbonyl (C=O) groups excluding carboxylic acids is 1. The van der Waals surface area contributed by atoms with E-state index >= 15 is 0 Å². The Hall–Kier alpha value is -2.96. The fourth-order valence-corrected chi connectivity index (χ4v) is 3.14. The van der Waals surface area contributed by atoms with Crippen LogP contribution in [0.2, 0.25) is 5.02 Å². The second-order valence-electron chi connectivity index (χ2n) is 7.30. The maximum absolute atomic E-state index is 12.3. The molecule has 7 nitrogen and oxygen atoms in total. The summed E-state index contributed by atoms with van der Waals surface area (Å²) in [4.78, 5) is 28.4. The Morgan fingerprint density at radius 1 is 1.31 bits per heavy atom. The topological polar surface area (TPSA) is 82.5 Å². The number of hydrogen-bond donors (Lipinski definition) is 1. The molecule has 1 aliphatic heterocycles. The standard InChI is InChI=1S/C20H18ClN3O4.C2H4F2/c1-27-10-14-7-19(25)24(11-22-14)9-13-6-17-15(8-16(13)21)18(28-20(26)23-17)5-4-12-2-3-12;1-2(3)4/h6-8,11-12,18H,2-3,9-10H2,1H3,(H,23,26);2H,1H3/t18-;/m0./s1. The monoisotopic (exact) mass is 465 g/mol. The molecule has 2 aromatic rings. The van der Waals surface area contributed by atoms with E-state index in [4.69, 9.17) is 21.1 Å². The van der Waals surface area contributed by atoms with Gasteiger partial charge in [-0.1, -0.05) is 23.4 Å². The number of aromatic nitrogens is 2. The third-order valence-corrected chi connectivity index (χ3v) is 4.88. The number of amides is 1. The normalized spacial score (nSPS) is 16.7. The maximum atomic E-state index is 12.3. The summed E-state index contributed by atoms with van der Waals surface area (Å²) in [6.07, 6.45) is 0.264. The molecule has 1 aliphatic carbocycles. The van der Waals surface area contributed by atoms with Gasteiger partial charge in [-0.25, -0.2) is 18.6 Å². The zero-order chi connectivity index (χ0) is 23.3. The number of methoxy groups -OCH3 is 1. The smallest absolute Gasteiger partial charge is 0.413 e. The third kappa shape index (κ3) is 6.52. The van der Waals surface area contributed by atoms with E-state index in [0.717, 1.165) is 19.8 Å². The van der Waals surface area contributed by atoms with Gasteiger partial charge >= 0.3 is 6.09 Å². The molecule has 170 valence electrons. The molecule has 1 atom stereocenters. The van der Waals surface area contributed by atoms with Gasteiger partial charge in [0.25, 0.3) is 5.56 Å². The first-order valence-corrected chi connectivity index (χ1v) is 10.3. The number of halogens is 3. The number of alkyl halides is 2. The average Bonchev–Trinajstić information content (AvgIpc) is 3.53. The highest BCUT2D eigenvalue weighted by molar-refractivity contribution is 6.31. The van der Waals surface area contributed by atoms with E-state index in [1.54, 1.807) is 19.2 Å². The highest BCUT2D eigenvalue weighted by Gasteiger charge is 2.27. The molecule has 2 heterocycles. The fraction of sp³-hybridized carbons (Fsp3) is 0.409. The lowest BCUT2D eigenvalue weighted by molar-refractivity contribution is 0.134. The first-order valence-electron chi connectivity index (χ1n) is 9.90. The molecule has 0 radical (unpaired) electrons. The van der Waals surface area contributed by atoms with Crippen LogP contribution in [0.15, 0.2) is 29.3 Å². The van der Waals surface area contributed by atoms with Gasteiger partial charge < -0.3 is 9.47 Å². The van der Waals surface area contributed by atoms with Gasteiger partial charge in [0, 0.05) is 29.7 Å². The zero-order valence-corrected chi connectivity index (χ0v) is 18.3. The van der Waals surface area contributed by atoms with Crippen LogP contribution in [0.1, 0.15) is 42.7 Å². The number of nitrogens with zero attached hydrogens (tertiary/aromatic N) is 2. The molecule has 32 heavy (non-hydrogen) atoms. The van der Waals surface area contributed by atoms with Crippen molar-refractivity contribution in [2.75, 3.05) is 12.4 Å². The molecule has 1 aromatic heterocycles. The first kappa shape index (κ1) is 23.7. The van der Waals surface area contributed by atoms with E-state index in [2.05, 4.69) is 22.1 Å². The molecule has 0 bridgehead atoms. The van der Waals surface area contributed by atoms with Crippen molar-refractivity contribution < 1.29 is 23.0 Å². The third-order valence-electron chi connectivity index (χ3n) is 4.53. The molecule has 1 aromatic carbocycles. The molecule has 4 rings (SSSR count). The van der Waals surface area contributed by atoms with Crippen LogP contribution < -0.4 is 10.9 Å². The summed E-state index contributed by atoms with van der Waals surface area (Å²) in [5, 5.41) is 3.14. The largest absolute Gasteiger partial charge is 0.428 e. The molecule has 1 N–H and O–H groups in total. The molecular weight excluding hydrogens is 444 g/mol. The molecule has 10 heteroatoms. The average molecular weight is 466 g/mol. The molecule has 0 spiro atoms. The van der Waals surface area contributed by atoms with Gasteiger partial charge in [-0.2, -0.15) is 0 Å². The van der Waals surface area contributed by atoms with Crippen molar-refractivity contribution >= 4 is 23.4 Å². The van der Waals surface area contributed by atoms with E-state index in [-0.39, 0.29) is 18.7 Å². The van der Waals surface area contributed by atoms with E-state index in [0.29, 0.717) is 33.4 Å². The highest BCUT2D eigenvalue weighted by Crippen LogP contribution is 2.36. The number of carbonyl (C=O) groups is 1. The van der Waals surface area contributed by atoms with Crippen molar-refractivity contribution in [1.82, 2.24) is 9.55 Å². The summed E-state index contributed by atoms with van der Waals surface area (Å²) in [6, 6.07) is 4.91. The number of anilines is 1. The van der Waals surface area contributed by atoms with Crippen LogP contribution in [0.5, 0.6) is 0 Å². The number of nitrogens with one attached hydrogen (secondary N) is 1. The summed E-state index contributed by atoms with van der Waals surface area (Å²) < 4.78 is 32.4. The number of benzene rings is 1. The van der Waals surface area contributed by atoms with Crippen LogP contribution in [-0.4, -0.2) is 29.2 Å². The predicted molar refractivity (Wildman–Crippen MR) is 115 cm³/mol. The lowest BCUT2D eigenvalue weighted by atomic mass is 10.0. The van der Waals surface area contributed by atoms with Crippen molar-refractivity contribution in [3.8, 4) is 11.8 Å². The van der Waals surface area contributed by atoms with Crippen LogP contribution in [0.25, 0.3) is 0 Å². The zero-order valence-electron chi connectivity index (χ0n) is 17.5. The van der Waals surface area contributed by atoms with E-state index in [9.17, 15) is 18.4 Å². The lowest BCUT2D eigenvalue weighted by Crippen LogP contribution is -2.25. The minimum absolute atomic E-state index is 0.212. The number of hydrogen-bond acceptors (Lipinski definition) is 5. The van der Waals surface area contributed by atoms with Gasteiger partial charge in [-0.15, -0.1) is 0 Å². The van der Waals surface area contributed by atoms with E-state index < -0.39 is 18.6 Å². The molecule has 1 amide bonds. The minimum atomic E-state index is -2.17. The molecule has 1 fully saturated rings. The van der Waals surface area contributed by atoms with Crippen molar-refractivity contribution in [2.45, 2.75) is 45.4 Å². The number of fused-ring (bicyclic) bond motifs is 1. The Kier molecular flexibility index (Phi) is 7.83. The van der Waals surface area contributed by atoms with Crippen LogP contribution in [-0.2, 0) is 22.6 Å². The number of ether oxygens (including phenoxy) is 2. The van der Waals surface area contributed by atoms with Crippen molar-refractivity contribution in [1.29, 1.82) is 0 Å². The quantitative estimate of drug-likeness (QED) is 0.677. The Morgan fingerprint density at radius 3 is 2.66 bits per heavy atom. The van der Waals surface area contributed by atoms with Gasteiger partial charge in [0.2, 0.25) is 6.43 Å². The second-order valence-corrected chi connectivity index (χ2v) is 7.71. The van der Waals surface area contributed by atoms with Crippen LogP contribution in [0.4, 0.5) is 19.3 Å². The van der Waals surface area contributed by atoms with Gasteiger partial charge in [0.05, 0.1) is 30.9 Å². The van der Waals surface area contributed by atoms with Crippen molar-refractivity contribution in [3.63, 3.8) is 0 Å². The van der Waals surface area contributed by atoms with Crippen molar-refractivity contribution in [3.05, 3.63) is 56.7 Å². The first-order chi connectivity index (χ1) is 15.3. The van der Waals surface area contributed by atoms with Gasteiger partial charge in [-0.3, -0.25) is 14.7 Å². The van der Waals surface area contributed by atoms with E-state index in [1.807, 2.05) is 0 Å². The summed E-state index contributed by atoms with van der Waals surface area (Å²) in [5.74, 6) is 6.54. The molecule has 0 saturated heterocycles. The van der Waals surface area contributed by atoms with Gasteiger partial charge in [-0.05, 0) is 37.5 Å². The van der Waals surface area contributed by atoms with Gasteiger partial charge in [0.15, 0.2) is 6.10 Å². The van der Waals surface area contributed by atoms with E-state index in [1.165, 1.54) is 17.0 Å². The summed E-state index contributed by atoms with van der Waals surface area (Å²) in [7, 11) is 1.54.